The van der Waals surface area contributed by atoms with E-state index in [2.05, 4.69) is 237 Å². The summed E-state index contributed by atoms with van der Waals surface area (Å²) in [6.07, 6.45) is 38.8. The fourth-order valence-electron chi connectivity index (χ4n) is 7.47. The Bertz CT molecular complexity index is 3670. The molecular weight excluding hydrogens is 1310 g/mol. The van der Waals surface area contributed by atoms with Gasteiger partial charge in [0, 0.05) is 172 Å². The number of unbranched alkanes of at least 4 members (excludes halogenated alkanes) is 20. The summed E-state index contributed by atoms with van der Waals surface area (Å²) in [5.41, 5.74) is 0. The van der Waals surface area contributed by atoms with Gasteiger partial charge in [0.25, 0.3) is 0 Å². The van der Waals surface area contributed by atoms with Crippen LogP contribution >= 0.6 is 15.6 Å². The molecule has 0 aliphatic heterocycles. The minimum atomic E-state index is -4.76. The molecule has 0 saturated carbocycles. The van der Waals surface area contributed by atoms with E-state index in [4.69, 9.17) is 40.4 Å². The Morgan fingerprint density at radius 3 is 0.869 bits per heavy atom. The fourth-order valence-corrected chi connectivity index (χ4v) is 9.00. The number of rotatable bonds is 46. The Kier molecular flexibility index (Phi) is 69.6. The molecule has 580 valence electrons. The Hall–Kier alpha value is -8.22. The molecule has 0 saturated heterocycles. The maximum atomic E-state index is 12.9. The van der Waals surface area contributed by atoms with Crippen LogP contribution in [0.2, 0.25) is 0 Å². The van der Waals surface area contributed by atoms with Crippen molar-refractivity contribution in [2.75, 3.05) is 52.7 Å². The molecule has 0 rings (SSSR count). The van der Waals surface area contributed by atoms with Crippen molar-refractivity contribution in [3.63, 3.8) is 0 Å². The zero-order valence-electron chi connectivity index (χ0n) is 59.3. The van der Waals surface area contributed by atoms with Crippen molar-refractivity contribution >= 4 is 39.3 Å². The van der Waals surface area contributed by atoms with E-state index in [1.165, 1.54) is 77.0 Å². The van der Waals surface area contributed by atoms with Gasteiger partial charge in [0.2, 0.25) is 23.6 Å². The molecule has 0 aromatic heterocycles. The van der Waals surface area contributed by atoms with Gasteiger partial charge in [0.1, 0.15) is 31.8 Å². The Labute approximate surface area is 690 Å². The first-order chi connectivity index (χ1) is 47.3. The molecule has 2 unspecified atom stereocenters. The summed E-state index contributed by atoms with van der Waals surface area (Å²) in [5.74, 6) is 75.5. The molecule has 0 fully saturated rings. The van der Waals surface area contributed by atoms with Crippen LogP contribution < -0.4 is 80.4 Å². The van der Waals surface area contributed by atoms with Crippen molar-refractivity contribution in [2.45, 2.75) is 186 Å². The van der Waals surface area contributed by atoms with E-state index < -0.39 is 72.4 Å². The first-order valence-corrected chi connectivity index (χ1v) is 34.8. The summed E-state index contributed by atoms with van der Waals surface area (Å²) < 4.78 is 56.6. The van der Waals surface area contributed by atoms with Crippen molar-refractivity contribution in [3.05, 3.63) is 0 Å². The van der Waals surface area contributed by atoms with Crippen molar-refractivity contribution in [3.8, 4) is 215 Å². The standard InChI is InChI=1S/C77H82N4O14P2.2Na.36H2.2H/c1-5-9-13-17-21-25-29-31-33-35-37-41-45-49-53-57-63-90-68-72(80-74(82)59-55-51-47-43-39-27-23-19-15-11-7-3)70-94-96(86,87)92-65-61-78-76(84)67-77(85)79-62-66-93-97(88,89)95-71-73(81-75(83)60-56-52-48-44-40-28-24-20-16-12-8-4)69-91-64-58-54-50-46-42-38-36-34-32-30-26-22-18-14-10-6-2;;;;;;;;;;;;;;;;;;;;;;;;;;;;;;;;;;;;;;;;/h1-2,72-73H,7-8,11-12,15-16,19-20,23-24,27-28,39-40,43-44,47-48,51-52,55-56,59-62,65-71H2,3-4H3,(H,78,84)(H,79,85)(H,80,82)(H,81,83)(H,86,87)(H,88,89);;;36*1H;;/q;2*+1;;;;;;;;;;;;;;;;;;;;;;;;;;;;;;;;;;;;;2*-1/t72-,73-;;;;;;;;;;;;;;;;;;;;;;;;;;;;;;;;;;;;;;;;/m0......................................../s1. The molecule has 0 radical (unpaired) electrons. The second-order valence-electron chi connectivity index (χ2n) is 20.0. The smallest absolute Gasteiger partial charge is 1.00 e. The molecule has 4 amide bonds. The van der Waals surface area contributed by atoms with Gasteiger partial charge in [-0.3, -0.25) is 37.3 Å². The molecule has 99 heavy (non-hydrogen) atoms. The third-order valence-corrected chi connectivity index (χ3v) is 14.0. The van der Waals surface area contributed by atoms with Crippen LogP contribution in [0.25, 0.3) is 0 Å². The summed E-state index contributed by atoms with van der Waals surface area (Å²) in [6, 6.07) is -1.89. The molecule has 0 aliphatic carbocycles. The summed E-state index contributed by atoms with van der Waals surface area (Å²) in [7, 11) is -9.51. The molecule has 0 spiro atoms. The van der Waals surface area contributed by atoms with E-state index in [9.17, 15) is 38.1 Å². The van der Waals surface area contributed by atoms with Gasteiger partial charge < -0.3 is 43.4 Å². The average molecular weight is 1470 g/mol. The maximum absolute atomic E-state index is 12.9. The Morgan fingerprint density at radius 2 is 0.606 bits per heavy atom. The minimum absolute atomic E-state index is 0. The van der Waals surface area contributed by atoms with E-state index in [1.807, 2.05) is 0 Å². The first kappa shape index (κ1) is 95.0. The molecule has 4 atom stereocenters. The fraction of sp³-hybridized carbons (Fsp3) is 0.481. The van der Waals surface area contributed by atoms with Crippen molar-refractivity contribution < 1.29 is 179 Å². The summed E-state index contributed by atoms with van der Waals surface area (Å²) in [4.78, 5) is 71.6. The number of terminal acetylenes is 2. The van der Waals surface area contributed by atoms with E-state index in [0.717, 1.165) is 51.4 Å². The van der Waals surface area contributed by atoms with E-state index in [-0.39, 0.29) is 164 Å². The molecule has 6 N–H and O–H groups in total. The van der Waals surface area contributed by atoms with Crippen LogP contribution in [0.1, 0.15) is 229 Å². The second-order valence-corrected chi connectivity index (χ2v) is 22.9. The van der Waals surface area contributed by atoms with Crippen LogP contribution in [0.3, 0.4) is 0 Å². The normalized spacial score (nSPS) is 10.4. The van der Waals surface area contributed by atoms with Gasteiger partial charge in [0.15, 0.2) is 0 Å². The number of hydrogen-bond acceptors (Lipinski definition) is 12. The molecule has 0 bridgehead atoms. The largest absolute Gasteiger partial charge is 1.00 e. The number of nitrogens with one attached hydrogen (secondary N) is 4. The van der Waals surface area contributed by atoms with Gasteiger partial charge in [-0.1, -0.05) is 142 Å². The third-order valence-electron chi connectivity index (χ3n) is 12.0. The van der Waals surface area contributed by atoms with Crippen LogP contribution in [0.5, 0.6) is 0 Å². The topological polar surface area (TPSA) is 246 Å². The predicted molar refractivity (Wildman–Crippen MR) is 452 cm³/mol. The number of carbonyl (C=O) groups excluding carboxylic acids is 4. The number of phosphoric acid groups is 2. The third kappa shape index (κ3) is 72.4. The summed E-state index contributed by atoms with van der Waals surface area (Å²) in [5, 5.41) is 10.2. The number of ether oxygens (including phenoxy) is 2. The van der Waals surface area contributed by atoms with Crippen LogP contribution in [0, 0.1) is 215 Å². The Morgan fingerprint density at radius 1 is 0.364 bits per heavy atom. The number of amides is 4. The van der Waals surface area contributed by atoms with Gasteiger partial charge in [-0.05, 0) is 108 Å². The van der Waals surface area contributed by atoms with E-state index in [1.54, 1.807) is 0 Å². The maximum Gasteiger partial charge on any atom is 1.00 e. The predicted octanol–water partition coefficient (Wildman–Crippen LogP) is 10.6. The van der Waals surface area contributed by atoms with Gasteiger partial charge >= 0.3 is 74.8 Å². The summed E-state index contributed by atoms with van der Waals surface area (Å²) in [6.45, 7) is 1.16. The van der Waals surface area contributed by atoms with Crippen LogP contribution in [-0.4, -0.2) is 98.2 Å². The molecule has 22 heteroatoms. The zero-order valence-corrected chi connectivity index (χ0v) is 63.1. The number of carbonyl (C=O) groups is 4. The average Bonchev–Trinajstić information content (AvgIpc) is 0.914. The number of phosphoric ester groups is 2. The minimum Gasteiger partial charge on any atom is -1.00 e. The quantitative estimate of drug-likeness (QED) is 0.0109. The van der Waals surface area contributed by atoms with Gasteiger partial charge in [0.05, 0.1) is 38.5 Å². The second kappa shape index (κ2) is 72.5. The SMILES string of the molecule is C#CC#CC#CC#CC#CC#CC#CC#CC#COC[C@@H](COP(=O)(O)OCCNC(=O)CC(=O)NCCOP(=O)(O)OC[C@H](COC#CC#CC#CC#CC#CC#CC#CC#CC#C)NC(=O)CCCCCCCCCCCCC)NC(=O)CCCCCCCCCCCCC.[H-].[H-].[HH].[HH].[HH].[HH].[HH].[HH].[HH].[HH].[HH].[HH].[HH].[HH].[HH].[HH].[HH].[HH].[HH].[HH].[HH].[HH].[HH].[HH].[HH].[HH].[HH].[HH].[HH].[HH].[HH].[HH].[HH].[HH].[HH].[HH].[HH].[HH].[Na+].[Na+]. The van der Waals surface area contributed by atoms with Crippen molar-refractivity contribution in [1.29, 1.82) is 0 Å². The molecule has 0 aliphatic rings. The first-order valence-electron chi connectivity index (χ1n) is 31.8. The Balaban J connectivity index is -0.0000000591. The molecular formula is C77H156N4Na2O14P2. The van der Waals surface area contributed by atoms with Gasteiger partial charge in [-0.25, -0.2) is 9.13 Å². The van der Waals surface area contributed by atoms with Crippen molar-refractivity contribution in [2.24, 2.45) is 0 Å². The summed E-state index contributed by atoms with van der Waals surface area (Å²) >= 11 is 0. The van der Waals surface area contributed by atoms with Gasteiger partial charge in [-0.2, -0.15) is 0 Å². The van der Waals surface area contributed by atoms with Crippen LogP contribution in [-0.2, 0) is 55.9 Å². The monoisotopic (exact) mass is 1470 g/mol. The molecule has 0 heterocycles. The van der Waals surface area contributed by atoms with E-state index >= 15 is 0 Å². The van der Waals surface area contributed by atoms with E-state index in [0.29, 0.717) is 12.8 Å². The molecule has 18 nitrogen and oxygen atoms in total. The number of hydrogen-bond donors (Lipinski definition) is 6. The zero-order chi connectivity index (χ0) is 70.9. The molecule has 0 aromatic rings. The molecule has 0 aromatic carbocycles. The van der Waals surface area contributed by atoms with Crippen LogP contribution in [0.4, 0.5) is 0 Å². The van der Waals surface area contributed by atoms with Gasteiger partial charge in [-0.15, -0.1) is 12.8 Å². The van der Waals surface area contributed by atoms with Crippen LogP contribution in [0.15, 0.2) is 0 Å². The van der Waals surface area contributed by atoms with Crippen molar-refractivity contribution in [1.82, 2.24) is 21.3 Å².